The molecule has 7 nitrogen and oxygen atoms in total. The van der Waals surface area contributed by atoms with Crippen molar-refractivity contribution in [3.05, 3.63) is 0 Å². The number of hydrogen-bond acceptors (Lipinski definition) is 7. The fourth-order valence-corrected chi connectivity index (χ4v) is 10.2. The molecule has 4 saturated carbocycles. The number of aliphatic hydroxyl groups is 2. The van der Waals surface area contributed by atoms with Gasteiger partial charge in [0.15, 0.2) is 0 Å². The number of rotatable bonds is 4. The Morgan fingerprint density at radius 3 is 2.17 bits per heavy atom. The molecule has 4 rings (SSSR count). The summed E-state index contributed by atoms with van der Waals surface area (Å²) in [4.78, 5) is 37.9. The number of methoxy groups -OCH3 is 1. The first-order chi connectivity index (χ1) is 16.7. The second-order valence-corrected chi connectivity index (χ2v) is 13.6. The van der Waals surface area contributed by atoms with Crippen LogP contribution in [0.25, 0.3) is 0 Å². The molecule has 36 heavy (non-hydrogen) atoms. The second kappa shape index (κ2) is 9.07. The van der Waals surface area contributed by atoms with Gasteiger partial charge in [0.1, 0.15) is 5.78 Å². The van der Waals surface area contributed by atoms with E-state index in [-0.39, 0.29) is 39.8 Å². The number of carbonyl (C=O) groups excluding carboxylic acids is 3. The maximum atomic E-state index is 13.2. The molecule has 0 heterocycles. The maximum absolute atomic E-state index is 13.2. The molecule has 0 radical (unpaired) electrons. The molecule has 7 heteroatoms. The third kappa shape index (κ3) is 3.78. The zero-order valence-corrected chi connectivity index (χ0v) is 23.1. The van der Waals surface area contributed by atoms with E-state index in [1.54, 1.807) is 0 Å². The maximum Gasteiger partial charge on any atom is 0.310 e. The third-order valence-corrected chi connectivity index (χ3v) is 11.7. The summed E-state index contributed by atoms with van der Waals surface area (Å²) in [6.07, 6.45) is 3.98. The smallest absolute Gasteiger partial charge is 0.310 e. The van der Waals surface area contributed by atoms with E-state index in [2.05, 4.69) is 20.8 Å². The Morgan fingerprint density at radius 1 is 0.917 bits per heavy atom. The van der Waals surface area contributed by atoms with Crippen molar-refractivity contribution >= 4 is 17.7 Å². The van der Waals surface area contributed by atoms with E-state index in [0.717, 1.165) is 32.1 Å². The van der Waals surface area contributed by atoms with E-state index >= 15 is 0 Å². The van der Waals surface area contributed by atoms with E-state index in [9.17, 15) is 24.6 Å². The first kappa shape index (κ1) is 27.6. The minimum absolute atomic E-state index is 0.0649. The third-order valence-electron chi connectivity index (χ3n) is 11.7. The number of Topliss-reactive ketones (excluding diaryl/α,β-unsaturated/α-hetero) is 1. The largest absolute Gasteiger partial charge is 0.469 e. The van der Waals surface area contributed by atoms with Gasteiger partial charge in [-0.1, -0.05) is 34.1 Å². The molecule has 0 aromatic rings. The van der Waals surface area contributed by atoms with Gasteiger partial charge >= 0.3 is 11.9 Å². The average Bonchev–Trinajstić information content (AvgIpc) is 2.78. The normalized spacial score (nSPS) is 47.5. The van der Waals surface area contributed by atoms with Crippen LogP contribution in [0.15, 0.2) is 0 Å². The molecule has 0 bridgehead atoms. The van der Waals surface area contributed by atoms with Gasteiger partial charge in [-0.3, -0.25) is 14.4 Å². The molecule has 4 fully saturated rings. The van der Waals surface area contributed by atoms with Crippen LogP contribution in [0.1, 0.15) is 86.5 Å². The van der Waals surface area contributed by atoms with Gasteiger partial charge in [-0.05, 0) is 74.0 Å². The fraction of sp³-hybridized carbons (Fsp3) is 0.897. The Hall–Kier alpha value is -1.47. The van der Waals surface area contributed by atoms with Crippen molar-refractivity contribution in [1.82, 2.24) is 0 Å². The molecule has 4 aliphatic carbocycles. The average molecular weight is 507 g/mol. The lowest BCUT2D eigenvalue weighted by molar-refractivity contribution is -0.271. The van der Waals surface area contributed by atoms with Crippen LogP contribution in [0.2, 0.25) is 0 Å². The van der Waals surface area contributed by atoms with Crippen LogP contribution in [-0.2, 0) is 23.9 Å². The zero-order valence-electron chi connectivity index (χ0n) is 23.1. The molecule has 204 valence electrons. The van der Waals surface area contributed by atoms with Crippen LogP contribution >= 0.6 is 0 Å². The van der Waals surface area contributed by atoms with Gasteiger partial charge in [0, 0.05) is 17.8 Å². The summed E-state index contributed by atoms with van der Waals surface area (Å²) < 4.78 is 11.0. The zero-order chi connectivity index (χ0) is 26.8. The number of esters is 2. The van der Waals surface area contributed by atoms with Crippen molar-refractivity contribution < 1.29 is 34.1 Å². The molecule has 3 unspecified atom stereocenters. The quantitative estimate of drug-likeness (QED) is 0.556. The van der Waals surface area contributed by atoms with E-state index in [1.807, 2.05) is 6.92 Å². The van der Waals surface area contributed by atoms with Crippen LogP contribution in [-0.4, -0.2) is 53.9 Å². The lowest BCUT2D eigenvalue weighted by Gasteiger charge is -2.71. The molecule has 0 aromatic carbocycles. The van der Waals surface area contributed by atoms with Crippen LogP contribution in [0.5, 0.6) is 0 Å². The number of hydrogen-bond donors (Lipinski definition) is 2. The van der Waals surface area contributed by atoms with Crippen molar-refractivity contribution in [1.29, 1.82) is 0 Å². The molecular formula is C29H46O7. The SMILES string of the molecule is COC(=O)[C@H]1[C@H](C(C)=O)[C@@H](O)CC2[C@]3(C)CCC4C(C)(C)CCC[C@]4(COC(C)=O)C3C[C@@H](O)[C@@]21C. The van der Waals surface area contributed by atoms with E-state index in [0.29, 0.717) is 25.4 Å². The van der Waals surface area contributed by atoms with Crippen LogP contribution < -0.4 is 0 Å². The van der Waals surface area contributed by atoms with E-state index < -0.39 is 35.4 Å². The van der Waals surface area contributed by atoms with Gasteiger partial charge in [-0.15, -0.1) is 0 Å². The van der Waals surface area contributed by atoms with Crippen molar-refractivity contribution in [3.63, 3.8) is 0 Å². The predicted molar refractivity (Wildman–Crippen MR) is 134 cm³/mol. The molecule has 0 aliphatic heterocycles. The molecule has 0 aromatic heterocycles. The number of ketones is 1. The van der Waals surface area contributed by atoms with Crippen molar-refractivity contribution in [2.45, 2.75) is 98.7 Å². The number of fused-ring (bicyclic) bond motifs is 5. The molecule has 0 spiro atoms. The summed E-state index contributed by atoms with van der Waals surface area (Å²) in [5, 5.41) is 23.2. The monoisotopic (exact) mass is 506 g/mol. The minimum Gasteiger partial charge on any atom is -0.469 e. The summed E-state index contributed by atoms with van der Waals surface area (Å²) in [6, 6.07) is 0. The molecular weight excluding hydrogens is 460 g/mol. The van der Waals surface area contributed by atoms with Crippen molar-refractivity contribution in [2.75, 3.05) is 13.7 Å². The summed E-state index contributed by atoms with van der Waals surface area (Å²) in [5.74, 6) is -2.65. The summed E-state index contributed by atoms with van der Waals surface area (Å²) in [6.45, 7) is 12.0. The second-order valence-electron chi connectivity index (χ2n) is 13.6. The summed E-state index contributed by atoms with van der Waals surface area (Å²) in [5.41, 5.74) is -1.39. The lowest BCUT2D eigenvalue weighted by atomic mass is 9.33. The Balaban J connectivity index is 1.85. The van der Waals surface area contributed by atoms with E-state index in [1.165, 1.54) is 21.0 Å². The predicted octanol–water partition coefficient (Wildman–Crippen LogP) is 3.92. The molecule has 0 saturated heterocycles. The number of carbonyl (C=O) groups is 3. The highest BCUT2D eigenvalue weighted by Gasteiger charge is 2.72. The van der Waals surface area contributed by atoms with Gasteiger partial charge in [0.05, 0.1) is 37.8 Å². The van der Waals surface area contributed by atoms with E-state index in [4.69, 9.17) is 9.47 Å². The first-order valence-corrected chi connectivity index (χ1v) is 13.7. The van der Waals surface area contributed by atoms with Gasteiger partial charge in [-0.2, -0.15) is 0 Å². The molecule has 0 amide bonds. The minimum atomic E-state index is -0.975. The lowest BCUT2D eigenvalue weighted by Crippen LogP contribution is -2.71. The first-order valence-electron chi connectivity index (χ1n) is 13.7. The van der Waals surface area contributed by atoms with Gasteiger partial charge < -0.3 is 19.7 Å². The molecule has 2 N–H and O–H groups in total. The van der Waals surface area contributed by atoms with Crippen LogP contribution in [0, 0.1) is 51.2 Å². The highest BCUT2D eigenvalue weighted by Crippen LogP contribution is 2.73. The standard InChI is InChI=1S/C29H46O7/c1-16(30)23-18(32)13-20-27(5)12-9-19-26(3,4)10-8-11-29(19,15-36-17(2)31)21(27)14-22(33)28(20,6)24(23)25(34)35-7/h18-24,32-33H,8-15H2,1-7H3/t18-,19?,20?,21?,22+,23+,24+,27-,28+,29+/m0/s1. The summed E-state index contributed by atoms with van der Waals surface area (Å²) >= 11 is 0. The van der Waals surface area contributed by atoms with Crippen molar-refractivity contribution in [2.24, 2.45) is 51.2 Å². The number of aliphatic hydroxyl groups excluding tert-OH is 2. The number of ether oxygens (including phenoxy) is 2. The van der Waals surface area contributed by atoms with Gasteiger partial charge in [-0.25, -0.2) is 0 Å². The van der Waals surface area contributed by atoms with Gasteiger partial charge in [0.25, 0.3) is 0 Å². The van der Waals surface area contributed by atoms with Gasteiger partial charge in [0.2, 0.25) is 0 Å². The fourth-order valence-electron chi connectivity index (χ4n) is 10.2. The Morgan fingerprint density at radius 2 is 1.58 bits per heavy atom. The topological polar surface area (TPSA) is 110 Å². The Kier molecular flexibility index (Phi) is 6.95. The Labute approximate surface area is 215 Å². The Bertz CT molecular complexity index is 913. The molecule has 4 aliphatic rings. The molecule has 10 atom stereocenters. The highest BCUT2D eigenvalue weighted by atomic mass is 16.5. The van der Waals surface area contributed by atoms with Crippen molar-refractivity contribution in [3.8, 4) is 0 Å². The van der Waals surface area contributed by atoms with Crippen LogP contribution in [0.3, 0.4) is 0 Å². The van der Waals surface area contributed by atoms with Crippen LogP contribution in [0.4, 0.5) is 0 Å². The summed E-state index contributed by atoms with van der Waals surface area (Å²) in [7, 11) is 1.31. The highest BCUT2D eigenvalue weighted by molar-refractivity contribution is 5.86.